The second-order valence-electron chi connectivity index (χ2n) is 7.83. The molecule has 2 aromatic carbocycles. The lowest BCUT2D eigenvalue weighted by molar-refractivity contribution is -0.140. The molecule has 1 heterocycles. The van der Waals surface area contributed by atoms with Crippen LogP contribution in [-0.4, -0.2) is 18.9 Å². The zero-order valence-corrected chi connectivity index (χ0v) is 19.3. The van der Waals surface area contributed by atoms with Crippen LogP contribution in [-0.2, 0) is 20.9 Å². The Morgan fingerprint density at radius 3 is 2.59 bits per heavy atom. The maximum atomic E-state index is 13.3. The van der Waals surface area contributed by atoms with E-state index < -0.39 is 11.9 Å². The molecule has 0 saturated carbocycles. The smallest absolute Gasteiger partial charge is 0.337 e. The summed E-state index contributed by atoms with van der Waals surface area (Å²) >= 11 is 12.8. The monoisotopic (exact) mass is 471 g/mol. The van der Waals surface area contributed by atoms with Crippen molar-refractivity contribution in [2.75, 3.05) is 7.11 Å². The van der Waals surface area contributed by atoms with Gasteiger partial charge in [-0.05, 0) is 49.1 Å². The summed E-state index contributed by atoms with van der Waals surface area (Å²) in [6, 6.07) is 12.6. The number of carbonyl (C=O) groups excluding carboxylic acids is 2. The number of dihydropyridines is 1. The van der Waals surface area contributed by atoms with Gasteiger partial charge in [0.25, 0.3) is 0 Å². The number of ether oxygens (including phenoxy) is 2. The maximum absolute atomic E-state index is 13.3. The molecule has 32 heavy (non-hydrogen) atoms. The second kappa shape index (κ2) is 9.39. The van der Waals surface area contributed by atoms with Crippen LogP contribution >= 0.6 is 23.2 Å². The molecule has 0 aromatic heterocycles. The van der Waals surface area contributed by atoms with Crippen LogP contribution in [0.25, 0.3) is 0 Å². The van der Waals surface area contributed by atoms with Crippen molar-refractivity contribution < 1.29 is 19.1 Å². The minimum absolute atomic E-state index is 0.00717. The number of allylic oxidation sites excluding steroid dienone is 3. The number of ketones is 1. The van der Waals surface area contributed by atoms with Gasteiger partial charge in [-0.2, -0.15) is 0 Å². The van der Waals surface area contributed by atoms with Crippen molar-refractivity contribution in [3.63, 3.8) is 0 Å². The number of rotatable bonds is 5. The molecule has 5 nitrogen and oxygen atoms in total. The molecule has 7 heteroatoms. The Balaban J connectivity index is 1.70. The molecule has 0 bridgehead atoms. The van der Waals surface area contributed by atoms with Crippen LogP contribution in [0.4, 0.5) is 0 Å². The summed E-state index contributed by atoms with van der Waals surface area (Å²) in [5.74, 6) is -0.404. The van der Waals surface area contributed by atoms with E-state index in [0.717, 1.165) is 29.9 Å². The Bertz CT molecular complexity index is 1140. The predicted octanol–water partition coefficient (Wildman–Crippen LogP) is 5.71. The lowest BCUT2D eigenvalue weighted by Crippen LogP contribution is -2.34. The van der Waals surface area contributed by atoms with E-state index in [2.05, 4.69) is 5.32 Å². The first-order chi connectivity index (χ1) is 15.4. The molecule has 0 spiro atoms. The Morgan fingerprint density at radius 2 is 1.88 bits per heavy atom. The highest BCUT2D eigenvalue weighted by atomic mass is 35.5. The molecule has 4 rings (SSSR count). The Kier molecular flexibility index (Phi) is 6.58. The van der Waals surface area contributed by atoms with Gasteiger partial charge in [0.05, 0.1) is 22.7 Å². The standard InChI is InChI=1S/C25H23Cl2NO4/c1-14-21(25(30)32-13-15-9-11-16(31-2)12-10-15)22(17-5-3-6-18(26)24(17)27)23-19(28-14)7-4-8-20(23)29/h3,5-6,9-12,22,28H,4,7-8,13H2,1-2H3. The highest BCUT2D eigenvalue weighted by molar-refractivity contribution is 6.42. The molecule has 0 saturated heterocycles. The molecular weight excluding hydrogens is 449 g/mol. The fourth-order valence-electron chi connectivity index (χ4n) is 4.26. The number of methoxy groups -OCH3 is 1. The molecule has 1 N–H and O–H groups in total. The van der Waals surface area contributed by atoms with Gasteiger partial charge in [0.1, 0.15) is 12.4 Å². The molecule has 0 amide bonds. The van der Waals surface area contributed by atoms with E-state index in [-0.39, 0.29) is 12.4 Å². The normalized spacial score (nSPS) is 18.2. The molecule has 1 atom stereocenters. The van der Waals surface area contributed by atoms with Crippen molar-refractivity contribution in [3.8, 4) is 5.75 Å². The zero-order valence-electron chi connectivity index (χ0n) is 17.8. The van der Waals surface area contributed by atoms with E-state index in [1.807, 2.05) is 31.2 Å². The number of esters is 1. The van der Waals surface area contributed by atoms with Gasteiger partial charge >= 0.3 is 5.97 Å². The van der Waals surface area contributed by atoms with Crippen molar-refractivity contribution in [2.45, 2.75) is 38.7 Å². The minimum Gasteiger partial charge on any atom is -0.497 e. The topological polar surface area (TPSA) is 64.6 Å². The summed E-state index contributed by atoms with van der Waals surface area (Å²) < 4.78 is 10.8. The summed E-state index contributed by atoms with van der Waals surface area (Å²) in [4.78, 5) is 26.3. The summed E-state index contributed by atoms with van der Waals surface area (Å²) in [6.07, 6.45) is 1.94. The van der Waals surface area contributed by atoms with Crippen molar-refractivity contribution >= 4 is 35.0 Å². The van der Waals surface area contributed by atoms with Gasteiger partial charge in [0.15, 0.2) is 5.78 Å². The van der Waals surface area contributed by atoms with E-state index in [4.69, 9.17) is 32.7 Å². The molecule has 0 radical (unpaired) electrons. The molecule has 2 aromatic rings. The van der Waals surface area contributed by atoms with Crippen molar-refractivity contribution in [1.29, 1.82) is 0 Å². The minimum atomic E-state index is -0.631. The van der Waals surface area contributed by atoms with Crippen LogP contribution in [0.2, 0.25) is 10.0 Å². The molecule has 1 aliphatic heterocycles. The van der Waals surface area contributed by atoms with E-state index in [1.54, 1.807) is 25.3 Å². The Labute approximate surface area is 197 Å². The number of Topliss-reactive ketones (excluding diaryl/α,β-unsaturated/α-hetero) is 1. The third-order valence-corrected chi connectivity index (χ3v) is 6.65. The zero-order chi connectivity index (χ0) is 22.8. The number of halogens is 2. The van der Waals surface area contributed by atoms with Gasteiger partial charge in [-0.3, -0.25) is 4.79 Å². The summed E-state index contributed by atoms with van der Waals surface area (Å²) in [5.41, 5.74) is 3.89. The highest BCUT2D eigenvalue weighted by Crippen LogP contribution is 2.45. The van der Waals surface area contributed by atoms with Gasteiger partial charge in [-0.25, -0.2) is 4.79 Å². The molecular formula is C25H23Cl2NO4. The van der Waals surface area contributed by atoms with Crippen LogP contribution < -0.4 is 10.1 Å². The quantitative estimate of drug-likeness (QED) is 0.565. The first-order valence-corrected chi connectivity index (χ1v) is 11.1. The van der Waals surface area contributed by atoms with Crippen molar-refractivity contribution in [3.05, 3.63) is 86.2 Å². The van der Waals surface area contributed by atoms with E-state index in [0.29, 0.717) is 38.9 Å². The molecule has 1 aliphatic carbocycles. The maximum Gasteiger partial charge on any atom is 0.337 e. The number of benzene rings is 2. The summed E-state index contributed by atoms with van der Waals surface area (Å²) in [7, 11) is 1.59. The van der Waals surface area contributed by atoms with Crippen molar-refractivity contribution in [2.24, 2.45) is 0 Å². The average Bonchev–Trinajstić information content (AvgIpc) is 2.79. The predicted molar refractivity (Wildman–Crippen MR) is 124 cm³/mol. The number of hydrogen-bond acceptors (Lipinski definition) is 5. The van der Waals surface area contributed by atoms with Gasteiger partial charge in [-0.1, -0.05) is 47.5 Å². The first kappa shape index (κ1) is 22.4. The lowest BCUT2D eigenvalue weighted by Gasteiger charge is -2.34. The van der Waals surface area contributed by atoms with Gasteiger partial charge < -0.3 is 14.8 Å². The second-order valence-corrected chi connectivity index (χ2v) is 8.62. The van der Waals surface area contributed by atoms with E-state index in [1.165, 1.54) is 0 Å². The van der Waals surface area contributed by atoms with Gasteiger partial charge in [0.2, 0.25) is 0 Å². The summed E-state index contributed by atoms with van der Waals surface area (Å²) in [5, 5.41) is 3.98. The number of hydrogen-bond donors (Lipinski definition) is 1. The fraction of sp³-hybridized carbons (Fsp3) is 0.280. The van der Waals surface area contributed by atoms with Crippen LogP contribution in [0.3, 0.4) is 0 Å². The third-order valence-electron chi connectivity index (χ3n) is 5.82. The molecule has 166 valence electrons. The van der Waals surface area contributed by atoms with Crippen LogP contribution in [0, 0.1) is 0 Å². The first-order valence-electron chi connectivity index (χ1n) is 10.4. The number of nitrogens with one attached hydrogen (secondary N) is 1. The largest absolute Gasteiger partial charge is 0.497 e. The SMILES string of the molecule is COc1ccc(COC(=O)C2=C(C)NC3=C(C(=O)CCC3)C2c2cccc(Cl)c2Cl)cc1. The van der Waals surface area contributed by atoms with Gasteiger partial charge in [-0.15, -0.1) is 0 Å². The Hall–Kier alpha value is -2.76. The third kappa shape index (κ3) is 4.27. The number of carbonyl (C=O) groups is 2. The van der Waals surface area contributed by atoms with Crippen LogP contribution in [0.15, 0.2) is 65.0 Å². The van der Waals surface area contributed by atoms with Gasteiger partial charge in [0, 0.05) is 29.3 Å². The van der Waals surface area contributed by atoms with E-state index in [9.17, 15) is 9.59 Å². The summed E-state index contributed by atoms with van der Waals surface area (Å²) in [6.45, 7) is 1.91. The Morgan fingerprint density at radius 1 is 1.12 bits per heavy atom. The highest BCUT2D eigenvalue weighted by Gasteiger charge is 2.40. The lowest BCUT2D eigenvalue weighted by atomic mass is 9.75. The molecule has 0 fully saturated rings. The van der Waals surface area contributed by atoms with Crippen molar-refractivity contribution in [1.82, 2.24) is 5.32 Å². The molecule has 2 aliphatic rings. The van der Waals surface area contributed by atoms with Crippen LogP contribution in [0.1, 0.15) is 43.2 Å². The van der Waals surface area contributed by atoms with Crippen LogP contribution in [0.5, 0.6) is 5.75 Å². The van der Waals surface area contributed by atoms with E-state index >= 15 is 0 Å². The molecule has 1 unspecified atom stereocenters. The average molecular weight is 472 g/mol. The fourth-order valence-corrected chi connectivity index (χ4v) is 4.67.